The number of nitrogens with one attached hydrogen (secondary N) is 1. The predicted octanol–water partition coefficient (Wildman–Crippen LogP) is 4.12. The summed E-state index contributed by atoms with van der Waals surface area (Å²) in [5.41, 5.74) is 2.39. The van der Waals surface area contributed by atoms with E-state index in [0.29, 0.717) is 0 Å². The molecule has 1 aromatic carbocycles. The zero-order valence-corrected chi connectivity index (χ0v) is 13.3. The SMILES string of the molecule is CCCN(C)CCCCNc1c(CC)c(=S)c1=S. The number of rotatable bonds is 9. The van der Waals surface area contributed by atoms with E-state index >= 15 is 0 Å². The van der Waals surface area contributed by atoms with Crippen molar-refractivity contribution in [3.05, 3.63) is 14.6 Å². The van der Waals surface area contributed by atoms with Crippen LogP contribution in [-0.2, 0) is 6.42 Å². The Bertz CT molecular complexity index is 433. The maximum absolute atomic E-state index is 5.26. The summed E-state index contributed by atoms with van der Waals surface area (Å²) in [5, 5.41) is 3.44. The van der Waals surface area contributed by atoms with Crippen molar-refractivity contribution in [3.63, 3.8) is 0 Å². The molecular weight excluding hydrogens is 260 g/mol. The minimum atomic E-state index is 0.866. The van der Waals surface area contributed by atoms with Gasteiger partial charge in [-0.05, 0) is 51.4 Å². The average molecular weight is 284 g/mol. The average Bonchev–Trinajstić information content (AvgIpc) is 2.36. The second kappa shape index (κ2) is 7.97. The number of hydrogen-bond acceptors (Lipinski definition) is 4. The van der Waals surface area contributed by atoms with Gasteiger partial charge >= 0.3 is 0 Å². The molecule has 0 aromatic heterocycles. The van der Waals surface area contributed by atoms with Gasteiger partial charge in [-0.3, -0.25) is 0 Å². The van der Waals surface area contributed by atoms with E-state index in [4.69, 9.17) is 24.4 Å². The van der Waals surface area contributed by atoms with Crippen molar-refractivity contribution < 1.29 is 0 Å². The summed E-state index contributed by atoms with van der Waals surface area (Å²) >= 11 is 10.5. The van der Waals surface area contributed by atoms with Crippen molar-refractivity contribution in [2.24, 2.45) is 0 Å². The summed E-state index contributed by atoms with van der Waals surface area (Å²) in [6.45, 7) is 7.72. The van der Waals surface area contributed by atoms with E-state index in [0.717, 1.165) is 27.7 Å². The molecule has 18 heavy (non-hydrogen) atoms. The fourth-order valence-electron chi connectivity index (χ4n) is 2.18. The minimum Gasteiger partial charge on any atom is -0.384 e. The highest BCUT2D eigenvalue weighted by atomic mass is 32.1. The fraction of sp³-hybridized carbons (Fsp3) is 0.714. The van der Waals surface area contributed by atoms with Crippen LogP contribution in [0.1, 0.15) is 38.7 Å². The van der Waals surface area contributed by atoms with Gasteiger partial charge in [-0.25, -0.2) is 0 Å². The highest BCUT2D eigenvalue weighted by molar-refractivity contribution is 7.74. The zero-order valence-electron chi connectivity index (χ0n) is 11.7. The van der Waals surface area contributed by atoms with E-state index in [-0.39, 0.29) is 0 Å². The Kier molecular flexibility index (Phi) is 6.97. The second-order valence-electron chi connectivity index (χ2n) is 4.80. The normalized spacial score (nSPS) is 11.3. The third kappa shape index (κ3) is 4.11. The van der Waals surface area contributed by atoms with E-state index < -0.39 is 0 Å². The van der Waals surface area contributed by atoms with Crippen LogP contribution in [0.3, 0.4) is 0 Å². The first-order chi connectivity index (χ1) is 8.61. The van der Waals surface area contributed by atoms with Crippen molar-refractivity contribution >= 4 is 30.1 Å². The Labute approximate surface area is 121 Å². The first kappa shape index (κ1) is 15.7. The molecule has 0 fully saturated rings. The molecule has 0 saturated heterocycles. The number of hydrogen-bond donors (Lipinski definition) is 1. The zero-order chi connectivity index (χ0) is 13.5. The van der Waals surface area contributed by atoms with Crippen LogP contribution in [-0.4, -0.2) is 31.6 Å². The number of unbranched alkanes of at least 4 members (excludes halogenated alkanes) is 1. The van der Waals surface area contributed by atoms with E-state index in [2.05, 4.69) is 31.1 Å². The van der Waals surface area contributed by atoms with Crippen molar-refractivity contribution in [1.29, 1.82) is 0 Å². The molecule has 1 rings (SSSR count). The second-order valence-corrected chi connectivity index (χ2v) is 5.62. The van der Waals surface area contributed by atoms with Gasteiger partial charge in [0.2, 0.25) is 0 Å². The van der Waals surface area contributed by atoms with Gasteiger partial charge in [0.25, 0.3) is 0 Å². The van der Waals surface area contributed by atoms with E-state index in [9.17, 15) is 0 Å². The molecule has 0 atom stereocenters. The monoisotopic (exact) mass is 284 g/mol. The molecule has 0 aliphatic rings. The molecule has 102 valence electrons. The lowest BCUT2D eigenvalue weighted by atomic mass is 10.1. The topological polar surface area (TPSA) is 15.3 Å². The first-order valence-corrected chi connectivity index (χ1v) is 7.68. The summed E-state index contributed by atoms with van der Waals surface area (Å²) in [7, 11) is 2.19. The molecular formula is C14H24N2S2. The van der Waals surface area contributed by atoms with Gasteiger partial charge in [0.05, 0.1) is 14.7 Å². The molecule has 4 heteroatoms. The Morgan fingerprint density at radius 1 is 1.06 bits per heavy atom. The van der Waals surface area contributed by atoms with Gasteiger partial charge in [0.1, 0.15) is 0 Å². The van der Waals surface area contributed by atoms with Crippen molar-refractivity contribution in [2.45, 2.75) is 39.5 Å². The van der Waals surface area contributed by atoms with Gasteiger partial charge in [-0.2, -0.15) is 0 Å². The molecule has 0 saturated carbocycles. The fourth-order valence-corrected chi connectivity index (χ4v) is 2.84. The van der Waals surface area contributed by atoms with Crippen molar-refractivity contribution in [2.75, 3.05) is 32.0 Å². The maximum Gasteiger partial charge on any atom is 0.0796 e. The summed E-state index contributed by atoms with van der Waals surface area (Å²) < 4.78 is 1.77. The molecule has 0 aliphatic heterocycles. The predicted molar refractivity (Wildman–Crippen MR) is 85.4 cm³/mol. The Morgan fingerprint density at radius 2 is 1.78 bits per heavy atom. The van der Waals surface area contributed by atoms with E-state index in [1.54, 1.807) is 0 Å². The van der Waals surface area contributed by atoms with Gasteiger partial charge in [0.15, 0.2) is 0 Å². The molecule has 0 amide bonds. The summed E-state index contributed by atoms with van der Waals surface area (Å²) in [6.07, 6.45) is 4.63. The van der Waals surface area contributed by atoms with Crippen LogP contribution < -0.4 is 5.32 Å². The Hall–Kier alpha value is -0.320. The number of nitrogens with zero attached hydrogens (tertiary/aromatic N) is 1. The Morgan fingerprint density at radius 3 is 2.39 bits per heavy atom. The molecule has 0 radical (unpaired) electrons. The van der Waals surface area contributed by atoms with Crippen molar-refractivity contribution in [3.8, 4) is 0 Å². The third-order valence-corrected chi connectivity index (χ3v) is 4.22. The smallest absolute Gasteiger partial charge is 0.0796 e. The quantitative estimate of drug-likeness (QED) is 0.542. The summed E-state index contributed by atoms with van der Waals surface area (Å²) in [6, 6.07) is 0. The minimum absolute atomic E-state index is 0.866. The third-order valence-electron chi connectivity index (χ3n) is 3.24. The van der Waals surface area contributed by atoms with Gasteiger partial charge in [-0.1, -0.05) is 38.3 Å². The van der Waals surface area contributed by atoms with Crippen LogP contribution >= 0.6 is 24.4 Å². The largest absolute Gasteiger partial charge is 0.384 e. The summed E-state index contributed by atoms with van der Waals surface area (Å²) in [4.78, 5) is 2.39. The molecule has 0 aliphatic carbocycles. The molecule has 0 heterocycles. The maximum atomic E-state index is 5.26. The molecule has 1 aromatic rings. The van der Waals surface area contributed by atoms with Gasteiger partial charge in [0, 0.05) is 6.54 Å². The van der Waals surface area contributed by atoms with E-state index in [1.165, 1.54) is 37.9 Å². The van der Waals surface area contributed by atoms with Crippen LogP contribution in [0.15, 0.2) is 0 Å². The lowest BCUT2D eigenvalue weighted by Gasteiger charge is -2.17. The van der Waals surface area contributed by atoms with Crippen LogP contribution in [0.2, 0.25) is 0 Å². The highest BCUT2D eigenvalue weighted by Gasteiger charge is 2.11. The van der Waals surface area contributed by atoms with E-state index in [1.807, 2.05) is 0 Å². The van der Waals surface area contributed by atoms with Gasteiger partial charge < -0.3 is 10.2 Å². The first-order valence-electron chi connectivity index (χ1n) is 6.86. The van der Waals surface area contributed by atoms with Gasteiger partial charge in [-0.15, -0.1) is 0 Å². The summed E-state index contributed by atoms with van der Waals surface area (Å²) in [5.74, 6) is 0. The molecule has 1 N–H and O–H groups in total. The lowest BCUT2D eigenvalue weighted by molar-refractivity contribution is 0.328. The molecule has 0 unspecified atom stereocenters. The van der Waals surface area contributed by atoms with Crippen LogP contribution in [0.4, 0.5) is 5.69 Å². The standard InChI is InChI=1S/C14H24N2S2/c1-4-9-16(3)10-7-6-8-15-12-11(5-2)13(17)14(12)18/h15H,4-10H2,1-3H3. The molecule has 0 spiro atoms. The molecule has 2 nitrogen and oxygen atoms in total. The Balaban J connectivity index is 2.21. The van der Waals surface area contributed by atoms with Crippen LogP contribution in [0.5, 0.6) is 0 Å². The lowest BCUT2D eigenvalue weighted by Crippen LogP contribution is -2.21. The molecule has 0 bridgehead atoms. The van der Waals surface area contributed by atoms with Crippen LogP contribution in [0, 0.1) is 9.02 Å². The van der Waals surface area contributed by atoms with Crippen LogP contribution in [0.25, 0.3) is 0 Å². The number of anilines is 1. The highest BCUT2D eigenvalue weighted by Crippen LogP contribution is 2.26. The van der Waals surface area contributed by atoms with Crippen molar-refractivity contribution in [1.82, 2.24) is 4.90 Å².